The maximum atomic E-state index is 13.3. The number of amides is 1. The zero-order valence-corrected chi connectivity index (χ0v) is 15.0. The van der Waals surface area contributed by atoms with Crippen LogP contribution in [0.1, 0.15) is 42.6 Å². The van der Waals surface area contributed by atoms with Gasteiger partial charge in [-0.1, -0.05) is 6.92 Å². The first-order chi connectivity index (χ1) is 12.1. The van der Waals surface area contributed by atoms with E-state index in [9.17, 15) is 4.79 Å². The lowest BCUT2D eigenvalue weighted by Crippen LogP contribution is -2.46. The number of aromatic nitrogens is 2. The Morgan fingerprint density at radius 1 is 1.36 bits per heavy atom. The molecule has 2 aliphatic rings. The second-order valence-electron chi connectivity index (χ2n) is 7.55. The minimum atomic E-state index is -0.128. The van der Waals surface area contributed by atoms with E-state index >= 15 is 0 Å². The Balaban J connectivity index is 1.56. The van der Waals surface area contributed by atoms with E-state index in [1.807, 2.05) is 24.0 Å². The molecule has 1 amide bonds. The summed E-state index contributed by atoms with van der Waals surface area (Å²) in [5.74, 6) is 0.852. The fourth-order valence-corrected chi connectivity index (χ4v) is 4.08. The van der Waals surface area contributed by atoms with Crippen molar-refractivity contribution in [1.82, 2.24) is 19.4 Å². The molecule has 0 N–H and O–H groups in total. The first-order valence-electron chi connectivity index (χ1n) is 9.14. The van der Waals surface area contributed by atoms with Crippen molar-refractivity contribution in [2.24, 2.45) is 13.0 Å². The third-order valence-corrected chi connectivity index (χ3v) is 5.59. The molecule has 0 spiro atoms. The fourth-order valence-electron chi connectivity index (χ4n) is 4.08. The zero-order chi connectivity index (χ0) is 17.4. The highest BCUT2D eigenvalue weighted by Gasteiger charge is 2.36. The van der Waals surface area contributed by atoms with Gasteiger partial charge < -0.3 is 13.9 Å². The molecule has 1 saturated heterocycles. The van der Waals surface area contributed by atoms with E-state index in [4.69, 9.17) is 4.42 Å². The number of nitrogens with zero attached hydrogens (tertiary/aromatic N) is 4. The standard InChI is InChI=1S/C19H26N4O2/c1-14-3-6-23(7-4-14)19(24)16-10-22(9-15-5-8-25-12-15)11-17-18(16)21(2)13-20-17/h5,8,12-14,16H,3-4,6-7,9-11H2,1-2H3/t16-/m1/s1. The summed E-state index contributed by atoms with van der Waals surface area (Å²) in [6, 6.07) is 1.98. The molecular weight excluding hydrogens is 316 g/mol. The van der Waals surface area contributed by atoms with Gasteiger partial charge >= 0.3 is 0 Å². The van der Waals surface area contributed by atoms with Crippen LogP contribution in [0.25, 0.3) is 0 Å². The molecule has 134 valence electrons. The lowest BCUT2D eigenvalue weighted by molar-refractivity contribution is -0.135. The second-order valence-corrected chi connectivity index (χ2v) is 7.55. The molecule has 1 fully saturated rings. The number of carbonyl (C=O) groups excluding carboxylic acids is 1. The largest absolute Gasteiger partial charge is 0.472 e. The number of hydrogen-bond donors (Lipinski definition) is 0. The highest BCUT2D eigenvalue weighted by molar-refractivity contribution is 5.84. The van der Waals surface area contributed by atoms with Crippen LogP contribution in [0.3, 0.4) is 0 Å². The summed E-state index contributed by atoms with van der Waals surface area (Å²) in [6.07, 6.45) is 7.52. The molecule has 2 aromatic heterocycles. The van der Waals surface area contributed by atoms with Crippen molar-refractivity contribution in [3.05, 3.63) is 41.9 Å². The van der Waals surface area contributed by atoms with Crippen LogP contribution >= 0.6 is 0 Å². The molecule has 6 nitrogen and oxygen atoms in total. The Kier molecular flexibility index (Phi) is 4.37. The summed E-state index contributed by atoms with van der Waals surface area (Å²) < 4.78 is 7.21. The van der Waals surface area contributed by atoms with Crippen molar-refractivity contribution in [3.63, 3.8) is 0 Å². The fraction of sp³-hybridized carbons (Fsp3) is 0.579. The Hall–Kier alpha value is -2.08. The van der Waals surface area contributed by atoms with Crippen molar-refractivity contribution in [3.8, 4) is 0 Å². The number of piperidine rings is 1. The van der Waals surface area contributed by atoms with Crippen LogP contribution in [-0.2, 0) is 24.9 Å². The molecule has 4 rings (SSSR count). The van der Waals surface area contributed by atoms with E-state index in [-0.39, 0.29) is 11.8 Å². The number of likely N-dealkylation sites (tertiary alicyclic amines) is 1. The molecular formula is C19H26N4O2. The first-order valence-corrected chi connectivity index (χ1v) is 9.14. The first kappa shape index (κ1) is 16.4. The molecule has 2 aromatic rings. The zero-order valence-electron chi connectivity index (χ0n) is 15.0. The van der Waals surface area contributed by atoms with Gasteiger partial charge in [-0.05, 0) is 24.8 Å². The Labute approximate surface area is 148 Å². The highest BCUT2D eigenvalue weighted by atomic mass is 16.3. The predicted octanol–water partition coefficient (Wildman–Crippen LogP) is 2.37. The van der Waals surface area contributed by atoms with Crippen LogP contribution in [-0.4, -0.2) is 44.9 Å². The molecule has 0 aliphatic carbocycles. The molecule has 0 radical (unpaired) electrons. The van der Waals surface area contributed by atoms with Gasteiger partial charge in [0.2, 0.25) is 5.91 Å². The van der Waals surface area contributed by atoms with E-state index < -0.39 is 0 Å². The van der Waals surface area contributed by atoms with E-state index in [1.165, 1.54) is 0 Å². The molecule has 0 aromatic carbocycles. The van der Waals surface area contributed by atoms with Crippen LogP contribution in [0.2, 0.25) is 0 Å². The van der Waals surface area contributed by atoms with E-state index in [0.717, 1.165) is 68.4 Å². The molecule has 1 atom stereocenters. The van der Waals surface area contributed by atoms with Crippen molar-refractivity contribution in [2.45, 2.75) is 38.8 Å². The number of carbonyl (C=O) groups is 1. The van der Waals surface area contributed by atoms with Crippen LogP contribution in [0.5, 0.6) is 0 Å². The van der Waals surface area contributed by atoms with Gasteiger partial charge in [0.25, 0.3) is 0 Å². The summed E-state index contributed by atoms with van der Waals surface area (Å²) in [7, 11) is 2.00. The summed E-state index contributed by atoms with van der Waals surface area (Å²) in [4.78, 5) is 22.2. The van der Waals surface area contributed by atoms with Crippen LogP contribution < -0.4 is 0 Å². The maximum absolute atomic E-state index is 13.3. The van der Waals surface area contributed by atoms with Gasteiger partial charge in [0, 0.05) is 45.3 Å². The number of furan rings is 1. The van der Waals surface area contributed by atoms with Gasteiger partial charge in [0.15, 0.2) is 0 Å². The molecule has 0 unspecified atom stereocenters. The molecule has 0 bridgehead atoms. The van der Waals surface area contributed by atoms with Gasteiger partial charge in [0.05, 0.1) is 36.2 Å². The number of hydrogen-bond acceptors (Lipinski definition) is 4. The summed E-state index contributed by atoms with van der Waals surface area (Å²) in [5, 5.41) is 0. The van der Waals surface area contributed by atoms with Crippen LogP contribution in [0.4, 0.5) is 0 Å². The Bertz CT molecular complexity index is 729. The number of rotatable bonds is 3. The Morgan fingerprint density at radius 3 is 2.88 bits per heavy atom. The van der Waals surface area contributed by atoms with Gasteiger partial charge in [-0.25, -0.2) is 4.98 Å². The number of imidazole rings is 1. The molecule has 2 aliphatic heterocycles. The Morgan fingerprint density at radius 2 is 2.16 bits per heavy atom. The summed E-state index contributed by atoms with van der Waals surface area (Å²) >= 11 is 0. The normalized spacial score (nSPS) is 22.2. The minimum Gasteiger partial charge on any atom is -0.472 e. The number of aryl methyl sites for hydroxylation is 1. The third-order valence-electron chi connectivity index (χ3n) is 5.59. The smallest absolute Gasteiger partial charge is 0.233 e. The van der Waals surface area contributed by atoms with Gasteiger partial charge in [-0.2, -0.15) is 0 Å². The average Bonchev–Trinajstić information content (AvgIpc) is 3.25. The van der Waals surface area contributed by atoms with E-state index in [0.29, 0.717) is 0 Å². The van der Waals surface area contributed by atoms with Gasteiger partial charge in [-0.15, -0.1) is 0 Å². The van der Waals surface area contributed by atoms with Crippen LogP contribution in [0, 0.1) is 5.92 Å². The topological polar surface area (TPSA) is 54.5 Å². The van der Waals surface area contributed by atoms with E-state index in [1.54, 1.807) is 12.5 Å². The van der Waals surface area contributed by atoms with Crippen molar-refractivity contribution in [1.29, 1.82) is 0 Å². The maximum Gasteiger partial charge on any atom is 0.233 e. The molecule has 25 heavy (non-hydrogen) atoms. The quantitative estimate of drug-likeness (QED) is 0.859. The SMILES string of the molecule is CC1CCN(C(=O)[C@@H]2CN(Cc3ccoc3)Cc3ncn(C)c32)CC1. The third kappa shape index (κ3) is 3.23. The van der Waals surface area contributed by atoms with E-state index in [2.05, 4.69) is 21.7 Å². The molecule has 0 saturated carbocycles. The highest BCUT2D eigenvalue weighted by Crippen LogP contribution is 2.31. The molecule has 6 heteroatoms. The van der Waals surface area contributed by atoms with Gasteiger partial charge in [0.1, 0.15) is 0 Å². The molecule has 4 heterocycles. The minimum absolute atomic E-state index is 0.128. The van der Waals surface area contributed by atoms with Gasteiger partial charge in [-0.3, -0.25) is 9.69 Å². The lowest BCUT2D eigenvalue weighted by Gasteiger charge is -2.37. The van der Waals surface area contributed by atoms with Crippen molar-refractivity contribution >= 4 is 5.91 Å². The van der Waals surface area contributed by atoms with Crippen molar-refractivity contribution in [2.75, 3.05) is 19.6 Å². The van der Waals surface area contributed by atoms with Crippen molar-refractivity contribution < 1.29 is 9.21 Å². The second kappa shape index (κ2) is 6.67. The summed E-state index contributed by atoms with van der Waals surface area (Å²) in [5.41, 5.74) is 3.26. The monoisotopic (exact) mass is 342 g/mol. The summed E-state index contributed by atoms with van der Waals surface area (Å²) in [6.45, 7) is 6.34. The number of fused-ring (bicyclic) bond motifs is 1. The lowest BCUT2D eigenvalue weighted by atomic mass is 9.93. The predicted molar refractivity (Wildman–Crippen MR) is 93.7 cm³/mol. The van der Waals surface area contributed by atoms with Crippen LogP contribution in [0.15, 0.2) is 29.3 Å². The average molecular weight is 342 g/mol.